The second-order valence-electron chi connectivity index (χ2n) is 8.64. The van der Waals surface area contributed by atoms with Crippen LogP contribution in [0.15, 0.2) is 115 Å². The van der Waals surface area contributed by atoms with Gasteiger partial charge in [-0.1, -0.05) is 78.9 Å². The largest absolute Gasteiger partial charge is 0.370 e. The molecule has 0 spiro atoms. The van der Waals surface area contributed by atoms with Crippen LogP contribution in [0.4, 0.5) is 5.69 Å². The standard InChI is InChI=1S/C30H24N2O/c33-30(23-9-3-1-4-10-23)25-20-31(21-25)26-17-15-22(16-18-26)29-19-24-11-7-8-14-28(24)32(29)27-12-5-2-6-13-27/h1-19,25H,20-21H2. The highest BCUT2D eigenvalue weighted by Gasteiger charge is 2.33. The molecule has 1 aromatic heterocycles. The number of hydrogen-bond acceptors (Lipinski definition) is 2. The van der Waals surface area contributed by atoms with E-state index in [1.807, 2.05) is 36.4 Å². The maximum Gasteiger partial charge on any atom is 0.169 e. The Morgan fingerprint density at radius 1 is 0.667 bits per heavy atom. The summed E-state index contributed by atoms with van der Waals surface area (Å²) in [4.78, 5) is 15.0. The second kappa shape index (κ2) is 8.10. The van der Waals surface area contributed by atoms with E-state index < -0.39 is 0 Å². The highest BCUT2D eigenvalue weighted by Crippen LogP contribution is 2.34. The first kappa shape index (κ1) is 19.6. The summed E-state index contributed by atoms with van der Waals surface area (Å²) in [5.41, 5.74) is 6.69. The average Bonchev–Trinajstić information content (AvgIpc) is 3.24. The maximum atomic E-state index is 12.7. The van der Waals surface area contributed by atoms with Crippen molar-refractivity contribution < 1.29 is 4.79 Å². The Bertz CT molecular complexity index is 1410. The lowest BCUT2D eigenvalue weighted by Crippen LogP contribution is -2.50. The first-order valence-corrected chi connectivity index (χ1v) is 11.4. The molecule has 1 saturated heterocycles. The van der Waals surface area contributed by atoms with Crippen molar-refractivity contribution in [1.29, 1.82) is 0 Å². The summed E-state index contributed by atoms with van der Waals surface area (Å²) in [6.07, 6.45) is 0. The number of ketones is 1. The molecule has 6 rings (SSSR count). The smallest absolute Gasteiger partial charge is 0.169 e. The lowest BCUT2D eigenvalue weighted by atomic mass is 9.90. The number of rotatable bonds is 5. The number of hydrogen-bond donors (Lipinski definition) is 0. The Morgan fingerprint density at radius 3 is 2.03 bits per heavy atom. The van der Waals surface area contributed by atoms with Crippen molar-refractivity contribution >= 4 is 22.4 Å². The number of benzene rings is 4. The van der Waals surface area contributed by atoms with Crippen molar-refractivity contribution in [2.75, 3.05) is 18.0 Å². The number of para-hydroxylation sites is 2. The number of carbonyl (C=O) groups is 1. The predicted octanol–water partition coefficient (Wildman–Crippen LogP) is 6.62. The van der Waals surface area contributed by atoms with E-state index >= 15 is 0 Å². The monoisotopic (exact) mass is 428 g/mol. The van der Waals surface area contributed by atoms with E-state index in [0.717, 1.165) is 24.3 Å². The van der Waals surface area contributed by atoms with Gasteiger partial charge >= 0.3 is 0 Å². The molecule has 4 aromatic carbocycles. The lowest BCUT2D eigenvalue weighted by molar-refractivity contribution is 0.0897. The summed E-state index contributed by atoms with van der Waals surface area (Å²) < 4.78 is 2.32. The molecule has 0 unspecified atom stereocenters. The van der Waals surface area contributed by atoms with Crippen molar-refractivity contribution in [1.82, 2.24) is 4.57 Å². The summed E-state index contributed by atoms with van der Waals surface area (Å²) >= 11 is 0. The minimum Gasteiger partial charge on any atom is -0.370 e. The van der Waals surface area contributed by atoms with Gasteiger partial charge in [-0.3, -0.25) is 4.79 Å². The van der Waals surface area contributed by atoms with E-state index in [0.29, 0.717) is 0 Å². The average molecular weight is 429 g/mol. The van der Waals surface area contributed by atoms with Crippen LogP contribution in [0.2, 0.25) is 0 Å². The molecule has 0 radical (unpaired) electrons. The van der Waals surface area contributed by atoms with Gasteiger partial charge in [0, 0.05) is 35.4 Å². The molecule has 0 bridgehead atoms. The summed E-state index contributed by atoms with van der Waals surface area (Å²) in [6, 6.07) is 39.6. The van der Waals surface area contributed by atoms with E-state index in [1.54, 1.807) is 0 Å². The third kappa shape index (κ3) is 3.52. The molecule has 33 heavy (non-hydrogen) atoms. The minimum atomic E-state index is 0.0766. The highest BCUT2D eigenvalue weighted by molar-refractivity contribution is 5.99. The highest BCUT2D eigenvalue weighted by atomic mass is 16.1. The molecule has 0 N–H and O–H groups in total. The van der Waals surface area contributed by atoms with Gasteiger partial charge in [0.05, 0.1) is 17.1 Å². The number of anilines is 1. The molecule has 1 aliphatic rings. The van der Waals surface area contributed by atoms with Gasteiger partial charge in [0.1, 0.15) is 0 Å². The summed E-state index contributed by atoms with van der Waals surface area (Å²) in [7, 11) is 0. The number of aromatic nitrogens is 1. The Morgan fingerprint density at radius 2 is 1.30 bits per heavy atom. The van der Waals surface area contributed by atoms with Crippen LogP contribution in [0, 0.1) is 5.92 Å². The maximum absolute atomic E-state index is 12.7. The fourth-order valence-electron chi connectivity index (χ4n) is 4.76. The van der Waals surface area contributed by atoms with Gasteiger partial charge in [0.25, 0.3) is 0 Å². The van der Waals surface area contributed by atoms with Gasteiger partial charge < -0.3 is 9.47 Å². The fourth-order valence-corrected chi connectivity index (χ4v) is 4.76. The quantitative estimate of drug-likeness (QED) is 0.294. The van der Waals surface area contributed by atoms with Crippen LogP contribution < -0.4 is 4.90 Å². The van der Waals surface area contributed by atoms with Crippen molar-refractivity contribution in [3.63, 3.8) is 0 Å². The molecule has 1 aliphatic heterocycles. The van der Waals surface area contributed by atoms with Crippen LogP contribution in [0.1, 0.15) is 10.4 Å². The summed E-state index contributed by atoms with van der Waals surface area (Å²) in [5, 5.41) is 1.23. The predicted molar refractivity (Wildman–Crippen MR) is 135 cm³/mol. The molecule has 3 heteroatoms. The van der Waals surface area contributed by atoms with Crippen LogP contribution in [0.25, 0.3) is 27.8 Å². The van der Waals surface area contributed by atoms with Gasteiger partial charge in [0.2, 0.25) is 0 Å². The Labute approximate surface area is 193 Å². The number of carbonyl (C=O) groups excluding carboxylic acids is 1. The Kier molecular flexibility index (Phi) is 4.80. The van der Waals surface area contributed by atoms with E-state index in [1.165, 1.54) is 27.8 Å². The van der Waals surface area contributed by atoms with Crippen LogP contribution in [0.3, 0.4) is 0 Å². The number of fused-ring (bicyclic) bond motifs is 1. The molecule has 0 amide bonds. The van der Waals surface area contributed by atoms with E-state index in [-0.39, 0.29) is 11.7 Å². The first-order chi connectivity index (χ1) is 16.3. The molecule has 0 aliphatic carbocycles. The van der Waals surface area contributed by atoms with Gasteiger partial charge in [-0.2, -0.15) is 0 Å². The molecule has 0 atom stereocenters. The normalized spacial score (nSPS) is 13.8. The zero-order chi connectivity index (χ0) is 22.2. The van der Waals surface area contributed by atoms with Crippen molar-refractivity contribution in [2.24, 2.45) is 5.92 Å². The first-order valence-electron chi connectivity index (χ1n) is 11.4. The van der Waals surface area contributed by atoms with Gasteiger partial charge in [-0.05, 0) is 42.0 Å². The van der Waals surface area contributed by atoms with Crippen molar-refractivity contribution in [2.45, 2.75) is 0 Å². The molecule has 2 heterocycles. The molecule has 1 fully saturated rings. The molecular formula is C30H24N2O. The molecular weight excluding hydrogens is 404 g/mol. The third-order valence-corrected chi connectivity index (χ3v) is 6.56. The second-order valence-corrected chi connectivity index (χ2v) is 8.64. The third-order valence-electron chi connectivity index (χ3n) is 6.56. The molecule has 160 valence electrons. The minimum absolute atomic E-state index is 0.0766. The summed E-state index contributed by atoms with van der Waals surface area (Å²) in [6.45, 7) is 1.55. The van der Waals surface area contributed by atoms with Crippen LogP contribution in [0.5, 0.6) is 0 Å². The van der Waals surface area contributed by atoms with Crippen LogP contribution >= 0.6 is 0 Å². The van der Waals surface area contributed by atoms with E-state index in [9.17, 15) is 4.79 Å². The Hall–Kier alpha value is -4.11. The lowest BCUT2D eigenvalue weighted by Gasteiger charge is -2.40. The van der Waals surface area contributed by atoms with Gasteiger partial charge in [-0.25, -0.2) is 0 Å². The topological polar surface area (TPSA) is 25.2 Å². The number of Topliss-reactive ketones (excluding diaryl/α,β-unsaturated/α-hetero) is 1. The van der Waals surface area contributed by atoms with Crippen molar-refractivity contribution in [3.05, 3.63) is 121 Å². The van der Waals surface area contributed by atoms with Gasteiger partial charge in [0.15, 0.2) is 5.78 Å². The zero-order valence-corrected chi connectivity index (χ0v) is 18.3. The van der Waals surface area contributed by atoms with Crippen LogP contribution in [-0.2, 0) is 0 Å². The Balaban J connectivity index is 1.26. The fraction of sp³-hybridized carbons (Fsp3) is 0.100. The SMILES string of the molecule is O=C(c1ccccc1)C1CN(c2ccc(-c3cc4ccccc4n3-c3ccccc3)cc2)C1. The van der Waals surface area contributed by atoms with E-state index in [4.69, 9.17) is 0 Å². The molecule has 0 saturated carbocycles. The zero-order valence-electron chi connectivity index (χ0n) is 18.3. The van der Waals surface area contributed by atoms with Crippen molar-refractivity contribution in [3.8, 4) is 16.9 Å². The van der Waals surface area contributed by atoms with Crippen LogP contribution in [-0.4, -0.2) is 23.4 Å². The summed E-state index contributed by atoms with van der Waals surface area (Å²) in [5.74, 6) is 0.323. The molecule has 3 nitrogen and oxygen atoms in total. The van der Waals surface area contributed by atoms with Gasteiger partial charge in [-0.15, -0.1) is 0 Å². The molecule has 5 aromatic rings. The number of nitrogens with zero attached hydrogens (tertiary/aromatic N) is 2. The van der Waals surface area contributed by atoms with E-state index in [2.05, 4.69) is 88.3 Å².